The van der Waals surface area contributed by atoms with Crippen LogP contribution in [-0.4, -0.2) is 76.5 Å². The molecule has 9 nitrogen and oxygen atoms in total. The fourth-order valence-corrected chi connectivity index (χ4v) is 7.14. The van der Waals surface area contributed by atoms with Crippen molar-refractivity contribution < 1.29 is 38.7 Å². The summed E-state index contributed by atoms with van der Waals surface area (Å²) in [6.07, 6.45) is 3.53. The summed E-state index contributed by atoms with van der Waals surface area (Å²) in [6.45, 7) is 7.35. The van der Waals surface area contributed by atoms with Crippen LogP contribution in [0.1, 0.15) is 44.6 Å². The molecular formula is C28H37NO8. The van der Waals surface area contributed by atoms with Gasteiger partial charge in [0, 0.05) is 42.9 Å². The smallest absolute Gasteiger partial charge is 0.355 e. The van der Waals surface area contributed by atoms with E-state index >= 15 is 0 Å². The number of ether oxygens (including phenoxy) is 4. The lowest BCUT2D eigenvalue weighted by molar-refractivity contribution is -0.172. The van der Waals surface area contributed by atoms with Gasteiger partial charge in [-0.1, -0.05) is 32.1 Å². The van der Waals surface area contributed by atoms with Gasteiger partial charge >= 0.3 is 11.9 Å². The van der Waals surface area contributed by atoms with E-state index in [4.69, 9.17) is 18.9 Å². The molecule has 5 rings (SSSR count). The molecule has 0 amide bonds. The number of hydrogen-bond donors (Lipinski definition) is 3. The number of rotatable bonds is 4. The number of esters is 2. The van der Waals surface area contributed by atoms with Gasteiger partial charge in [0.1, 0.15) is 29.6 Å². The first kappa shape index (κ1) is 26.2. The number of aliphatic hydroxyl groups is 2. The molecule has 9 heteroatoms. The van der Waals surface area contributed by atoms with Crippen molar-refractivity contribution in [1.29, 1.82) is 0 Å². The summed E-state index contributed by atoms with van der Waals surface area (Å²) in [5, 5.41) is 22.1. The number of hydrogen-bond acceptors (Lipinski definition) is 8. The molecule has 1 saturated carbocycles. The van der Waals surface area contributed by atoms with Gasteiger partial charge in [0.25, 0.3) is 0 Å². The molecule has 4 aliphatic rings. The number of aromatic amines is 1. The predicted octanol–water partition coefficient (Wildman–Crippen LogP) is 2.40. The van der Waals surface area contributed by atoms with Crippen LogP contribution in [0.15, 0.2) is 42.1 Å². The van der Waals surface area contributed by atoms with Gasteiger partial charge in [-0.15, -0.1) is 0 Å². The Hall–Kier alpha value is -2.46. The van der Waals surface area contributed by atoms with Crippen molar-refractivity contribution in [2.75, 3.05) is 7.11 Å². The van der Waals surface area contributed by atoms with Gasteiger partial charge in [-0.25, -0.2) is 9.59 Å². The Labute approximate surface area is 216 Å². The van der Waals surface area contributed by atoms with Gasteiger partial charge in [-0.05, 0) is 38.0 Å². The Morgan fingerprint density at radius 2 is 2.05 bits per heavy atom. The maximum atomic E-state index is 13.1. The minimum absolute atomic E-state index is 0.175. The van der Waals surface area contributed by atoms with Gasteiger partial charge in [0.2, 0.25) is 0 Å². The van der Waals surface area contributed by atoms with Crippen molar-refractivity contribution in [3.05, 3.63) is 47.8 Å². The topological polar surface area (TPSA) is 127 Å². The van der Waals surface area contributed by atoms with Crippen LogP contribution in [0.25, 0.3) is 0 Å². The van der Waals surface area contributed by atoms with Crippen molar-refractivity contribution in [2.45, 2.75) is 76.3 Å². The van der Waals surface area contributed by atoms with Gasteiger partial charge < -0.3 is 34.1 Å². The van der Waals surface area contributed by atoms with E-state index in [2.05, 4.69) is 4.98 Å². The highest BCUT2D eigenvalue weighted by Gasteiger charge is 2.69. The van der Waals surface area contributed by atoms with E-state index in [1.165, 1.54) is 7.11 Å². The highest BCUT2D eigenvalue weighted by atomic mass is 16.6. The number of aliphatic hydroxyl groups excluding tert-OH is 2. The van der Waals surface area contributed by atoms with Crippen molar-refractivity contribution in [1.82, 2.24) is 4.98 Å². The minimum atomic E-state index is -0.933. The van der Waals surface area contributed by atoms with Crippen LogP contribution in [0.4, 0.5) is 0 Å². The molecule has 0 aromatic carbocycles. The summed E-state index contributed by atoms with van der Waals surface area (Å²) < 4.78 is 24.2. The quantitative estimate of drug-likeness (QED) is 0.412. The Balaban J connectivity index is 1.58. The van der Waals surface area contributed by atoms with Crippen molar-refractivity contribution in [3.8, 4) is 0 Å². The zero-order chi connectivity index (χ0) is 26.6. The van der Waals surface area contributed by atoms with E-state index < -0.39 is 54.2 Å². The number of H-pyrrole nitrogens is 1. The highest BCUT2D eigenvalue weighted by molar-refractivity contribution is 5.87. The third-order valence-corrected chi connectivity index (χ3v) is 8.94. The van der Waals surface area contributed by atoms with E-state index in [9.17, 15) is 19.8 Å². The third-order valence-electron chi connectivity index (χ3n) is 8.94. The summed E-state index contributed by atoms with van der Waals surface area (Å²) >= 11 is 0. The molecule has 2 aliphatic heterocycles. The molecule has 1 aromatic rings. The van der Waals surface area contributed by atoms with Crippen molar-refractivity contribution >= 4 is 11.9 Å². The second-order valence-electron chi connectivity index (χ2n) is 11.1. The number of cyclic esters (lactones) is 1. The minimum Gasteiger partial charge on any atom is -0.457 e. The Kier molecular flexibility index (Phi) is 6.85. The first-order valence-electron chi connectivity index (χ1n) is 13.1. The molecule has 3 heterocycles. The van der Waals surface area contributed by atoms with Crippen LogP contribution >= 0.6 is 0 Å². The lowest BCUT2D eigenvalue weighted by Crippen LogP contribution is -2.57. The maximum Gasteiger partial charge on any atom is 0.355 e. The molecule has 3 N–H and O–H groups in total. The van der Waals surface area contributed by atoms with Crippen LogP contribution in [0.2, 0.25) is 0 Å². The zero-order valence-corrected chi connectivity index (χ0v) is 21.9. The number of carbonyl (C=O) groups excluding carboxylic acids is 2. The molecule has 4 bridgehead atoms. The lowest BCUT2D eigenvalue weighted by atomic mass is 9.57. The summed E-state index contributed by atoms with van der Waals surface area (Å²) in [7, 11) is 1.46. The highest BCUT2D eigenvalue weighted by Crippen LogP contribution is 2.61. The molecule has 202 valence electrons. The van der Waals surface area contributed by atoms with E-state index in [0.29, 0.717) is 5.69 Å². The fraction of sp³-hybridized carbons (Fsp3) is 0.643. The normalized spacial score (nSPS) is 43.9. The van der Waals surface area contributed by atoms with Crippen LogP contribution in [-0.2, 0) is 23.7 Å². The molecule has 0 radical (unpaired) electrons. The SMILES string of the molecule is CO[C@H]1C[C@H]2C=C[C@H]3[C@H]4O[C@@]2(C(C)=C[C@@H](C)[C@@H]([C@@H](C)O)OC1=O)[C@@H]3[C@H](O)[C@@H](C)[C@H]4OC(=O)c1ccc[nH]1. The average molecular weight is 516 g/mol. The first-order valence-corrected chi connectivity index (χ1v) is 13.1. The van der Waals surface area contributed by atoms with E-state index in [1.54, 1.807) is 25.3 Å². The first-order chi connectivity index (χ1) is 17.6. The van der Waals surface area contributed by atoms with Crippen molar-refractivity contribution in [2.24, 2.45) is 29.6 Å². The maximum absolute atomic E-state index is 13.1. The van der Waals surface area contributed by atoms with Crippen LogP contribution in [0.5, 0.6) is 0 Å². The van der Waals surface area contributed by atoms with Crippen LogP contribution < -0.4 is 0 Å². The standard InChI is InChI=1S/C28H37NO8/c1-13-11-14(2)28-17(12-20(34-5)27(33)35-23(13)16(4)30)8-9-18-21(28)22(31)15(3)24(25(18)37-28)36-26(32)19-7-6-10-29-19/h6-11,13,15-18,20-25,29-31H,12H2,1-5H3/t13-,15-,16-,17-,18-,20+,21+,22-,23+,24-,25-,28-/m1/s1. The van der Waals surface area contributed by atoms with Crippen molar-refractivity contribution in [3.63, 3.8) is 0 Å². The van der Waals surface area contributed by atoms with Crippen LogP contribution in [0.3, 0.4) is 0 Å². The van der Waals surface area contributed by atoms with E-state index in [1.807, 2.05) is 39.0 Å². The Bertz CT molecular complexity index is 1080. The van der Waals surface area contributed by atoms with E-state index in [0.717, 1.165) is 5.57 Å². The predicted molar refractivity (Wildman–Crippen MR) is 132 cm³/mol. The molecule has 1 spiro atoms. The third kappa shape index (κ3) is 4.07. The molecule has 2 fully saturated rings. The largest absolute Gasteiger partial charge is 0.457 e. The Morgan fingerprint density at radius 1 is 1.30 bits per heavy atom. The van der Waals surface area contributed by atoms with Gasteiger partial charge in [-0.2, -0.15) is 0 Å². The molecule has 2 aliphatic carbocycles. The summed E-state index contributed by atoms with van der Waals surface area (Å²) in [4.78, 5) is 28.8. The number of aromatic nitrogens is 1. The van der Waals surface area contributed by atoms with Gasteiger partial charge in [-0.3, -0.25) is 0 Å². The number of methoxy groups -OCH3 is 1. The molecular weight excluding hydrogens is 478 g/mol. The molecule has 0 unspecified atom stereocenters. The second-order valence-corrected chi connectivity index (χ2v) is 11.1. The van der Waals surface area contributed by atoms with Gasteiger partial charge in [0.05, 0.1) is 12.2 Å². The average Bonchev–Trinajstić information content (AvgIpc) is 3.46. The number of carbonyl (C=O) groups is 2. The molecule has 1 aromatic heterocycles. The fourth-order valence-electron chi connectivity index (χ4n) is 7.14. The summed E-state index contributed by atoms with van der Waals surface area (Å²) in [5.74, 6) is -2.49. The summed E-state index contributed by atoms with van der Waals surface area (Å²) in [5.41, 5.74) is 0.301. The molecule has 37 heavy (non-hydrogen) atoms. The number of nitrogens with one attached hydrogen (secondary N) is 1. The molecule has 1 saturated heterocycles. The van der Waals surface area contributed by atoms with E-state index in [-0.39, 0.29) is 36.0 Å². The monoisotopic (exact) mass is 515 g/mol. The zero-order valence-electron chi connectivity index (χ0n) is 21.9. The van der Waals surface area contributed by atoms with Gasteiger partial charge in [0.15, 0.2) is 6.10 Å². The summed E-state index contributed by atoms with van der Waals surface area (Å²) in [6, 6.07) is 3.37. The Morgan fingerprint density at radius 3 is 2.70 bits per heavy atom. The second kappa shape index (κ2) is 9.69. The lowest BCUT2D eigenvalue weighted by Gasteiger charge is -2.48. The van der Waals surface area contributed by atoms with Crippen LogP contribution in [0, 0.1) is 29.6 Å². The molecule has 12 atom stereocenters.